The number of carbonyl (C=O) groups is 2. The molecule has 0 spiro atoms. The molecule has 2 amide bonds. The van der Waals surface area contributed by atoms with E-state index in [0.29, 0.717) is 23.8 Å². The number of hydrogen-bond donors (Lipinski definition) is 1. The van der Waals surface area contributed by atoms with Crippen molar-refractivity contribution in [2.24, 2.45) is 0 Å². The molecule has 0 unspecified atom stereocenters. The molecule has 1 aromatic carbocycles. The van der Waals surface area contributed by atoms with Crippen LogP contribution in [0.25, 0.3) is 0 Å². The van der Waals surface area contributed by atoms with Gasteiger partial charge in [0.2, 0.25) is 0 Å². The average Bonchev–Trinajstić information content (AvgIpc) is 2.63. The molecule has 0 radical (unpaired) electrons. The number of hydrogen-bond acceptors (Lipinski definition) is 4. The van der Waals surface area contributed by atoms with Gasteiger partial charge in [0.05, 0.1) is 0 Å². The van der Waals surface area contributed by atoms with Gasteiger partial charge in [0, 0.05) is 18.4 Å². The Morgan fingerprint density at radius 1 is 1.28 bits per heavy atom. The number of likely N-dealkylation sites (N-methyl/N-ethyl adjacent to an activating group) is 1. The number of benzene rings is 1. The predicted octanol–water partition coefficient (Wildman–Crippen LogP) is 2.79. The highest BCUT2D eigenvalue weighted by Gasteiger charge is 2.50. The Kier molecular flexibility index (Phi) is 4.44. The van der Waals surface area contributed by atoms with Crippen molar-refractivity contribution in [3.63, 3.8) is 0 Å². The van der Waals surface area contributed by atoms with Gasteiger partial charge >= 0.3 is 0 Å². The van der Waals surface area contributed by atoms with E-state index in [1.165, 1.54) is 11.8 Å². The third-order valence-corrected chi connectivity index (χ3v) is 4.32. The first-order valence-electron chi connectivity index (χ1n) is 8.36. The summed E-state index contributed by atoms with van der Waals surface area (Å²) in [6, 6.07) is 11.0. The summed E-state index contributed by atoms with van der Waals surface area (Å²) in [6.45, 7) is 5.77. The van der Waals surface area contributed by atoms with Gasteiger partial charge in [0.25, 0.3) is 17.4 Å². The lowest BCUT2D eigenvalue weighted by molar-refractivity contribution is -0.145. The van der Waals surface area contributed by atoms with Crippen LogP contribution in [0.4, 0.5) is 11.5 Å². The predicted molar refractivity (Wildman–Crippen MR) is 95.7 cm³/mol. The monoisotopic (exact) mass is 339 g/mol. The number of aryl methyl sites for hydroxylation is 1. The van der Waals surface area contributed by atoms with Crippen molar-refractivity contribution in [2.45, 2.75) is 32.8 Å². The summed E-state index contributed by atoms with van der Waals surface area (Å²) in [4.78, 5) is 31.4. The lowest BCUT2D eigenvalue weighted by Gasteiger charge is -2.38. The van der Waals surface area contributed by atoms with Crippen LogP contribution < -0.4 is 15.0 Å². The summed E-state index contributed by atoms with van der Waals surface area (Å²) in [5.74, 6) is -0.0683. The van der Waals surface area contributed by atoms with E-state index < -0.39 is 17.4 Å². The molecule has 0 bridgehead atoms. The van der Waals surface area contributed by atoms with Crippen LogP contribution in [0.15, 0.2) is 42.6 Å². The molecule has 0 aliphatic carbocycles. The molecule has 1 N–H and O–H groups in total. The molecule has 130 valence electrons. The lowest BCUT2D eigenvalue weighted by Crippen LogP contribution is -2.60. The number of pyridine rings is 1. The maximum absolute atomic E-state index is 12.9. The second-order valence-corrected chi connectivity index (χ2v) is 6.02. The van der Waals surface area contributed by atoms with Crippen LogP contribution in [-0.4, -0.2) is 28.9 Å². The van der Waals surface area contributed by atoms with Crippen LogP contribution in [-0.2, 0) is 16.0 Å². The normalized spacial score (nSPS) is 19.2. The standard InChI is InChI=1S/C19H21N3O3/c1-4-13-8-6-9-14(12-13)21-17(23)19(3)18(24)22(5-2)16-15(25-19)10-7-11-20-16/h6-12H,4-5H2,1-3H3,(H,21,23)/t19-/m0/s1. The molecule has 3 rings (SSSR count). The van der Waals surface area contributed by atoms with E-state index in [2.05, 4.69) is 10.3 Å². The Labute approximate surface area is 146 Å². The van der Waals surface area contributed by atoms with Gasteiger partial charge in [-0.25, -0.2) is 4.98 Å². The fraction of sp³-hybridized carbons (Fsp3) is 0.316. The van der Waals surface area contributed by atoms with Gasteiger partial charge in [0.15, 0.2) is 11.6 Å². The van der Waals surface area contributed by atoms with Crippen LogP contribution in [0.5, 0.6) is 5.75 Å². The van der Waals surface area contributed by atoms with Gasteiger partial charge in [-0.15, -0.1) is 0 Å². The number of carbonyl (C=O) groups excluding carboxylic acids is 2. The van der Waals surface area contributed by atoms with E-state index in [1.54, 1.807) is 24.4 Å². The highest BCUT2D eigenvalue weighted by molar-refractivity contribution is 6.19. The van der Waals surface area contributed by atoms with Crippen molar-refractivity contribution in [2.75, 3.05) is 16.8 Å². The first kappa shape index (κ1) is 17.0. The molecule has 2 heterocycles. The lowest BCUT2D eigenvalue weighted by atomic mass is 10.0. The Bertz CT molecular complexity index is 821. The molecule has 1 aliphatic rings. The molecule has 1 aliphatic heterocycles. The van der Waals surface area contributed by atoms with Crippen molar-refractivity contribution in [3.05, 3.63) is 48.2 Å². The van der Waals surface area contributed by atoms with Crippen molar-refractivity contribution in [1.82, 2.24) is 4.98 Å². The Hall–Kier alpha value is -2.89. The largest absolute Gasteiger partial charge is 0.464 e. The first-order chi connectivity index (χ1) is 12.0. The summed E-state index contributed by atoms with van der Waals surface area (Å²) in [6.07, 6.45) is 2.45. The average molecular weight is 339 g/mol. The highest BCUT2D eigenvalue weighted by Crippen LogP contribution is 2.36. The maximum atomic E-state index is 12.9. The van der Waals surface area contributed by atoms with Gasteiger partial charge < -0.3 is 10.1 Å². The molecule has 2 aromatic rings. The van der Waals surface area contributed by atoms with Gasteiger partial charge in [-0.1, -0.05) is 19.1 Å². The molecule has 6 nitrogen and oxygen atoms in total. The molecule has 0 fully saturated rings. The Morgan fingerprint density at radius 2 is 2.08 bits per heavy atom. The molecule has 6 heteroatoms. The zero-order valence-corrected chi connectivity index (χ0v) is 14.6. The summed E-state index contributed by atoms with van der Waals surface area (Å²) in [5.41, 5.74) is 0.0967. The minimum atomic E-state index is -1.64. The van der Waals surface area contributed by atoms with Crippen LogP contribution in [0, 0.1) is 0 Å². The van der Waals surface area contributed by atoms with Crippen molar-refractivity contribution < 1.29 is 14.3 Å². The molecular weight excluding hydrogens is 318 g/mol. The number of anilines is 2. The fourth-order valence-electron chi connectivity index (χ4n) is 2.84. The van der Waals surface area contributed by atoms with E-state index in [1.807, 2.05) is 32.0 Å². The summed E-state index contributed by atoms with van der Waals surface area (Å²) < 4.78 is 5.79. The number of rotatable bonds is 4. The van der Waals surface area contributed by atoms with Crippen LogP contribution in [0.1, 0.15) is 26.3 Å². The number of nitrogens with zero attached hydrogens (tertiary/aromatic N) is 2. The topological polar surface area (TPSA) is 71.5 Å². The van der Waals surface area contributed by atoms with Crippen molar-refractivity contribution >= 4 is 23.3 Å². The van der Waals surface area contributed by atoms with Gasteiger partial charge in [-0.2, -0.15) is 0 Å². The number of nitrogens with one attached hydrogen (secondary N) is 1. The highest BCUT2D eigenvalue weighted by atomic mass is 16.5. The molecular formula is C19H21N3O3. The van der Waals surface area contributed by atoms with Crippen LogP contribution >= 0.6 is 0 Å². The SMILES string of the molecule is CCc1cccc(NC(=O)[C@]2(C)Oc3cccnc3N(CC)C2=O)c1. The smallest absolute Gasteiger partial charge is 0.282 e. The molecule has 0 saturated heterocycles. The maximum Gasteiger partial charge on any atom is 0.282 e. The molecule has 0 saturated carbocycles. The minimum Gasteiger partial charge on any atom is -0.464 e. The molecule has 25 heavy (non-hydrogen) atoms. The van der Waals surface area contributed by atoms with E-state index in [4.69, 9.17) is 4.74 Å². The second kappa shape index (κ2) is 6.55. The Balaban J connectivity index is 1.92. The number of ether oxygens (including phenoxy) is 1. The van der Waals surface area contributed by atoms with Gasteiger partial charge in [-0.3, -0.25) is 14.5 Å². The number of aromatic nitrogens is 1. The minimum absolute atomic E-state index is 0.403. The zero-order chi connectivity index (χ0) is 18.0. The van der Waals surface area contributed by atoms with Gasteiger partial charge in [-0.05, 0) is 50.1 Å². The quantitative estimate of drug-likeness (QED) is 0.870. The zero-order valence-electron chi connectivity index (χ0n) is 14.6. The van der Waals surface area contributed by atoms with Crippen LogP contribution in [0.2, 0.25) is 0 Å². The third-order valence-electron chi connectivity index (χ3n) is 4.32. The summed E-state index contributed by atoms with van der Waals surface area (Å²) in [7, 11) is 0. The molecule has 1 aromatic heterocycles. The second-order valence-electron chi connectivity index (χ2n) is 6.02. The summed E-state index contributed by atoms with van der Waals surface area (Å²) in [5, 5.41) is 2.80. The van der Waals surface area contributed by atoms with Crippen molar-refractivity contribution in [1.29, 1.82) is 0 Å². The third kappa shape index (κ3) is 2.95. The van der Waals surface area contributed by atoms with Gasteiger partial charge in [0.1, 0.15) is 0 Å². The fourth-order valence-corrected chi connectivity index (χ4v) is 2.84. The number of amides is 2. The van der Waals surface area contributed by atoms with E-state index >= 15 is 0 Å². The Morgan fingerprint density at radius 3 is 2.80 bits per heavy atom. The number of fused-ring (bicyclic) bond motifs is 1. The van der Waals surface area contributed by atoms with Crippen molar-refractivity contribution in [3.8, 4) is 5.75 Å². The van der Waals surface area contributed by atoms with E-state index in [0.717, 1.165) is 12.0 Å². The van der Waals surface area contributed by atoms with Crippen LogP contribution in [0.3, 0.4) is 0 Å². The van der Waals surface area contributed by atoms with E-state index in [9.17, 15) is 9.59 Å². The first-order valence-corrected chi connectivity index (χ1v) is 8.36. The van der Waals surface area contributed by atoms with E-state index in [-0.39, 0.29) is 0 Å². The molecule has 1 atom stereocenters. The summed E-state index contributed by atoms with van der Waals surface area (Å²) >= 11 is 0.